The van der Waals surface area contributed by atoms with Gasteiger partial charge in [-0.15, -0.1) is 0 Å². The van der Waals surface area contributed by atoms with Crippen LogP contribution in [0.4, 0.5) is 5.69 Å². The molecule has 3 N–H and O–H groups in total. The van der Waals surface area contributed by atoms with Crippen molar-refractivity contribution < 1.29 is 14.3 Å². The van der Waals surface area contributed by atoms with E-state index in [1.54, 1.807) is 16.8 Å². The van der Waals surface area contributed by atoms with Crippen molar-refractivity contribution in [3.05, 3.63) is 42.0 Å². The van der Waals surface area contributed by atoms with Crippen molar-refractivity contribution in [2.45, 2.75) is 33.6 Å². The summed E-state index contributed by atoms with van der Waals surface area (Å²) in [7, 11) is 1.33. The minimum atomic E-state index is -0.571. The number of amides is 1. The minimum absolute atomic E-state index is 0.141. The van der Waals surface area contributed by atoms with E-state index in [0.29, 0.717) is 28.7 Å². The second-order valence-electron chi connectivity index (χ2n) is 8.81. The molecule has 0 radical (unpaired) electrons. The van der Waals surface area contributed by atoms with E-state index in [4.69, 9.17) is 15.5 Å². The molecule has 0 saturated heterocycles. The number of fused-ring (bicyclic) bond motifs is 1. The first-order chi connectivity index (χ1) is 14.7. The first kappa shape index (κ1) is 20.8. The van der Waals surface area contributed by atoms with Gasteiger partial charge in [0.25, 0.3) is 5.91 Å². The fraction of sp³-hybridized carbons (Fsp3) is 0.391. The molecule has 0 aromatic carbocycles. The number of primary amides is 1. The van der Waals surface area contributed by atoms with E-state index in [-0.39, 0.29) is 11.0 Å². The van der Waals surface area contributed by atoms with E-state index in [0.717, 1.165) is 24.0 Å². The van der Waals surface area contributed by atoms with Gasteiger partial charge in [-0.2, -0.15) is 5.10 Å². The summed E-state index contributed by atoms with van der Waals surface area (Å²) < 4.78 is 6.42. The van der Waals surface area contributed by atoms with Gasteiger partial charge in [0.05, 0.1) is 24.4 Å². The number of rotatable bonds is 5. The Morgan fingerprint density at radius 1 is 1.32 bits per heavy atom. The molecule has 8 heteroatoms. The summed E-state index contributed by atoms with van der Waals surface area (Å²) in [6.07, 6.45) is 9.18. The molecule has 1 saturated carbocycles. The monoisotopic (exact) mass is 421 g/mol. The zero-order valence-electron chi connectivity index (χ0n) is 18.2. The van der Waals surface area contributed by atoms with Crippen LogP contribution in [0.3, 0.4) is 0 Å². The Hall–Kier alpha value is -3.42. The van der Waals surface area contributed by atoms with E-state index in [9.17, 15) is 9.59 Å². The first-order valence-electron chi connectivity index (χ1n) is 10.3. The fourth-order valence-electron chi connectivity index (χ4n) is 4.28. The Morgan fingerprint density at radius 2 is 2.10 bits per heavy atom. The third-order valence-corrected chi connectivity index (χ3v) is 6.82. The van der Waals surface area contributed by atoms with Gasteiger partial charge in [0, 0.05) is 29.7 Å². The Bertz CT molecular complexity index is 1190. The summed E-state index contributed by atoms with van der Waals surface area (Å²) in [6, 6.07) is 3.60. The molecule has 0 bridgehead atoms. The molecule has 0 spiro atoms. The number of nitrogens with two attached hydrogens (primary N) is 1. The van der Waals surface area contributed by atoms with Gasteiger partial charge in [-0.3, -0.25) is 9.79 Å². The highest BCUT2D eigenvalue weighted by atomic mass is 16.5. The Labute approximate surface area is 180 Å². The standard InChI is InChI=1S/C23H27N5O3/c1-13-5-6-16(23(13,2)3)10-26-20-17(21(24)29)11-27-28-12-15(8-19(20)28)14-7-18(25-9-14)22(30)31-4/h7-13,16,25H,5-6H2,1-4H3,(H2,24,29). The number of carbonyl (C=O) groups is 2. The minimum Gasteiger partial charge on any atom is -0.464 e. The molecule has 1 aliphatic carbocycles. The van der Waals surface area contributed by atoms with Crippen LogP contribution in [0, 0.1) is 17.3 Å². The Morgan fingerprint density at radius 3 is 2.74 bits per heavy atom. The number of aromatic nitrogens is 3. The van der Waals surface area contributed by atoms with Crippen LogP contribution in [0.1, 0.15) is 54.5 Å². The molecule has 3 aromatic rings. The summed E-state index contributed by atoms with van der Waals surface area (Å²) in [6.45, 7) is 6.80. The normalized spacial score (nSPS) is 20.5. The van der Waals surface area contributed by atoms with Gasteiger partial charge < -0.3 is 15.5 Å². The summed E-state index contributed by atoms with van der Waals surface area (Å²) in [4.78, 5) is 31.5. The van der Waals surface area contributed by atoms with Crippen LogP contribution in [0.2, 0.25) is 0 Å². The quantitative estimate of drug-likeness (QED) is 0.479. The van der Waals surface area contributed by atoms with Crippen LogP contribution in [0.25, 0.3) is 16.6 Å². The van der Waals surface area contributed by atoms with Crippen LogP contribution >= 0.6 is 0 Å². The molecule has 2 atom stereocenters. The number of esters is 1. The lowest BCUT2D eigenvalue weighted by Crippen LogP contribution is -2.24. The lowest BCUT2D eigenvalue weighted by atomic mass is 9.77. The van der Waals surface area contributed by atoms with Crippen LogP contribution in [0.5, 0.6) is 0 Å². The zero-order chi connectivity index (χ0) is 22.3. The molecule has 3 aromatic heterocycles. The first-order valence-corrected chi connectivity index (χ1v) is 10.3. The SMILES string of the molecule is COC(=O)c1cc(-c2cc3c(N=CC4CCC(C)C4(C)C)c(C(N)=O)cnn3c2)c[nH]1. The summed E-state index contributed by atoms with van der Waals surface area (Å²) in [5, 5.41) is 4.33. The smallest absolute Gasteiger partial charge is 0.354 e. The molecular weight excluding hydrogens is 394 g/mol. The van der Waals surface area contributed by atoms with Crippen LogP contribution in [-0.2, 0) is 4.74 Å². The molecule has 4 rings (SSSR count). The number of methoxy groups -OCH3 is 1. The van der Waals surface area contributed by atoms with Gasteiger partial charge >= 0.3 is 5.97 Å². The van der Waals surface area contributed by atoms with E-state index in [2.05, 4.69) is 30.9 Å². The average molecular weight is 422 g/mol. The highest BCUT2D eigenvalue weighted by Gasteiger charge is 2.39. The van der Waals surface area contributed by atoms with Gasteiger partial charge in [-0.1, -0.05) is 20.8 Å². The highest BCUT2D eigenvalue weighted by Crippen LogP contribution is 2.46. The van der Waals surface area contributed by atoms with Crippen molar-refractivity contribution in [1.29, 1.82) is 0 Å². The zero-order valence-corrected chi connectivity index (χ0v) is 18.2. The Kier molecular flexibility index (Phi) is 5.16. The van der Waals surface area contributed by atoms with Crippen LogP contribution < -0.4 is 5.73 Å². The predicted octanol–water partition coefficient (Wildman–Crippen LogP) is 3.99. The third kappa shape index (κ3) is 3.62. The lowest BCUT2D eigenvalue weighted by Gasteiger charge is -2.28. The lowest BCUT2D eigenvalue weighted by molar-refractivity contribution is 0.0594. The number of nitrogens with one attached hydrogen (secondary N) is 1. The molecule has 1 aliphatic rings. The fourth-order valence-corrected chi connectivity index (χ4v) is 4.28. The topological polar surface area (TPSA) is 115 Å². The molecular formula is C23H27N5O3. The van der Waals surface area contributed by atoms with Crippen molar-refractivity contribution in [1.82, 2.24) is 14.6 Å². The molecule has 3 heterocycles. The third-order valence-electron chi connectivity index (χ3n) is 6.82. The molecule has 0 aliphatic heterocycles. The average Bonchev–Trinajstić information content (AvgIpc) is 3.44. The van der Waals surface area contributed by atoms with Crippen molar-refractivity contribution in [3.8, 4) is 11.1 Å². The summed E-state index contributed by atoms with van der Waals surface area (Å²) in [5.41, 5.74) is 9.20. The maximum absolute atomic E-state index is 12.1. The number of hydrogen-bond donors (Lipinski definition) is 2. The summed E-state index contributed by atoms with van der Waals surface area (Å²) >= 11 is 0. The van der Waals surface area contributed by atoms with Gasteiger partial charge in [0.1, 0.15) is 11.4 Å². The van der Waals surface area contributed by atoms with Crippen molar-refractivity contribution >= 4 is 29.3 Å². The largest absolute Gasteiger partial charge is 0.464 e. The highest BCUT2D eigenvalue weighted by molar-refractivity contribution is 6.02. The number of ether oxygens (including phenoxy) is 1. The van der Waals surface area contributed by atoms with Gasteiger partial charge in [0.15, 0.2) is 0 Å². The van der Waals surface area contributed by atoms with Crippen LogP contribution in [0.15, 0.2) is 35.7 Å². The molecule has 1 fully saturated rings. The maximum Gasteiger partial charge on any atom is 0.354 e. The summed E-state index contributed by atoms with van der Waals surface area (Å²) in [5.74, 6) is -0.0888. The van der Waals surface area contributed by atoms with Crippen molar-refractivity contribution in [2.75, 3.05) is 7.11 Å². The predicted molar refractivity (Wildman–Crippen MR) is 119 cm³/mol. The number of carbonyl (C=O) groups excluding carboxylic acids is 2. The number of H-pyrrole nitrogens is 1. The van der Waals surface area contributed by atoms with Gasteiger partial charge in [-0.25, -0.2) is 9.31 Å². The molecule has 31 heavy (non-hydrogen) atoms. The second-order valence-corrected chi connectivity index (χ2v) is 8.81. The van der Waals surface area contributed by atoms with Crippen molar-refractivity contribution in [2.24, 2.45) is 28.0 Å². The van der Waals surface area contributed by atoms with Gasteiger partial charge in [0.2, 0.25) is 0 Å². The number of hydrogen-bond acceptors (Lipinski definition) is 5. The number of nitrogens with zero attached hydrogens (tertiary/aromatic N) is 3. The van der Waals surface area contributed by atoms with Crippen LogP contribution in [-0.4, -0.2) is 39.8 Å². The molecule has 2 unspecified atom stereocenters. The van der Waals surface area contributed by atoms with E-state index < -0.39 is 11.9 Å². The van der Waals surface area contributed by atoms with Crippen molar-refractivity contribution in [3.63, 3.8) is 0 Å². The second kappa shape index (κ2) is 7.68. The Balaban J connectivity index is 1.77. The van der Waals surface area contributed by atoms with E-state index in [1.807, 2.05) is 18.5 Å². The molecule has 1 amide bonds. The maximum atomic E-state index is 12.1. The van der Waals surface area contributed by atoms with E-state index >= 15 is 0 Å². The molecule has 8 nitrogen and oxygen atoms in total. The van der Waals surface area contributed by atoms with Gasteiger partial charge in [-0.05, 0) is 42.2 Å². The van der Waals surface area contributed by atoms with E-state index in [1.165, 1.54) is 13.3 Å². The molecule has 162 valence electrons. The number of aromatic amines is 1. The number of aliphatic imine (C=N–C) groups is 1.